The Labute approximate surface area is 93.8 Å². The minimum absolute atomic E-state index is 0.724. The fourth-order valence-corrected chi connectivity index (χ4v) is 5.56. The van der Waals surface area contributed by atoms with E-state index in [9.17, 15) is 0 Å². The van der Waals surface area contributed by atoms with Crippen LogP contribution in [0.25, 0.3) is 0 Å². The quantitative estimate of drug-likeness (QED) is 0.740. The minimum Gasteiger partial charge on any atom is -0.330 e. The summed E-state index contributed by atoms with van der Waals surface area (Å²) in [6, 6.07) is 0. The molecule has 3 unspecified atom stereocenters. The minimum atomic E-state index is 0.724. The molecule has 4 saturated carbocycles. The molecule has 0 aromatic carbocycles. The van der Waals surface area contributed by atoms with Gasteiger partial charge in [-0.25, -0.2) is 0 Å². The van der Waals surface area contributed by atoms with Crippen LogP contribution < -0.4 is 5.73 Å². The normalized spacial score (nSPS) is 54.6. The van der Waals surface area contributed by atoms with Crippen LogP contribution >= 0.6 is 0 Å². The van der Waals surface area contributed by atoms with Crippen LogP contribution in [0.15, 0.2) is 0 Å². The van der Waals surface area contributed by atoms with Gasteiger partial charge in [0.15, 0.2) is 0 Å². The predicted octanol–water partition coefficient (Wildman–Crippen LogP) is 3.04. The Balaban J connectivity index is 1.85. The first-order valence-electron chi connectivity index (χ1n) is 6.81. The van der Waals surface area contributed by atoms with E-state index in [2.05, 4.69) is 13.8 Å². The van der Waals surface area contributed by atoms with Gasteiger partial charge in [-0.3, -0.25) is 0 Å². The molecular weight excluding hydrogens is 182 g/mol. The van der Waals surface area contributed by atoms with Crippen LogP contribution in [0.3, 0.4) is 0 Å². The Morgan fingerprint density at radius 3 is 2.27 bits per heavy atom. The Kier molecular flexibility index (Phi) is 2.18. The van der Waals surface area contributed by atoms with Crippen LogP contribution in [-0.4, -0.2) is 6.54 Å². The molecule has 4 bridgehead atoms. The summed E-state index contributed by atoms with van der Waals surface area (Å²) < 4.78 is 0. The van der Waals surface area contributed by atoms with E-state index in [1.165, 1.54) is 32.1 Å². The number of hydrogen-bond donors (Lipinski definition) is 1. The molecule has 0 radical (unpaired) electrons. The number of nitrogens with two attached hydrogens (primary N) is 1. The van der Waals surface area contributed by atoms with E-state index in [1.807, 2.05) is 0 Å². The summed E-state index contributed by atoms with van der Waals surface area (Å²) in [7, 11) is 0. The van der Waals surface area contributed by atoms with Gasteiger partial charge in [0.25, 0.3) is 0 Å². The van der Waals surface area contributed by atoms with Crippen molar-refractivity contribution >= 4 is 0 Å². The molecule has 1 nitrogen and oxygen atoms in total. The maximum Gasteiger partial charge on any atom is -0.00487 e. The molecule has 0 heterocycles. The molecule has 15 heavy (non-hydrogen) atoms. The van der Waals surface area contributed by atoms with Crippen LogP contribution in [-0.2, 0) is 0 Å². The molecule has 2 N–H and O–H groups in total. The smallest absolute Gasteiger partial charge is 0.00487 e. The third-order valence-corrected chi connectivity index (χ3v) is 5.68. The molecule has 1 heteroatoms. The Hall–Kier alpha value is -0.0400. The lowest BCUT2D eigenvalue weighted by atomic mass is 9.45. The Morgan fingerprint density at radius 1 is 1.20 bits per heavy atom. The molecule has 3 atom stereocenters. The van der Waals surface area contributed by atoms with Gasteiger partial charge in [-0.05, 0) is 73.7 Å². The van der Waals surface area contributed by atoms with Gasteiger partial charge >= 0.3 is 0 Å². The lowest BCUT2D eigenvalue weighted by molar-refractivity contribution is -0.101. The van der Waals surface area contributed by atoms with E-state index in [0.717, 1.165) is 41.5 Å². The Bertz CT molecular complexity index is 244. The average Bonchev–Trinajstić information content (AvgIpc) is 2.13. The van der Waals surface area contributed by atoms with Crippen molar-refractivity contribution < 1.29 is 0 Å². The average molecular weight is 207 g/mol. The van der Waals surface area contributed by atoms with Gasteiger partial charge in [0.1, 0.15) is 0 Å². The second kappa shape index (κ2) is 3.23. The third-order valence-electron chi connectivity index (χ3n) is 5.68. The van der Waals surface area contributed by atoms with Gasteiger partial charge in [-0.1, -0.05) is 13.8 Å². The maximum absolute atomic E-state index is 5.88. The van der Waals surface area contributed by atoms with E-state index in [4.69, 9.17) is 5.73 Å². The van der Waals surface area contributed by atoms with Crippen LogP contribution in [0.1, 0.15) is 46.0 Å². The number of hydrogen-bond acceptors (Lipinski definition) is 1. The summed E-state index contributed by atoms with van der Waals surface area (Å²) in [6.45, 7) is 5.83. The van der Waals surface area contributed by atoms with E-state index < -0.39 is 0 Å². The molecule has 0 aromatic heterocycles. The highest BCUT2D eigenvalue weighted by atomic mass is 14.6. The van der Waals surface area contributed by atoms with Crippen molar-refractivity contribution in [2.24, 2.45) is 40.7 Å². The van der Waals surface area contributed by atoms with Crippen molar-refractivity contribution in [1.29, 1.82) is 0 Å². The SMILES string of the molecule is CC(CN)C1C2CC3CC1CC(C)(C3)C2. The summed E-state index contributed by atoms with van der Waals surface area (Å²) in [5, 5.41) is 0. The maximum atomic E-state index is 5.88. The van der Waals surface area contributed by atoms with Crippen LogP contribution in [0.4, 0.5) is 0 Å². The first-order chi connectivity index (χ1) is 7.11. The summed E-state index contributed by atoms with van der Waals surface area (Å²) in [5.41, 5.74) is 6.61. The Morgan fingerprint density at radius 2 is 1.80 bits per heavy atom. The lowest BCUT2D eigenvalue weighted by Gasteiger charge is -2.60. The highest BCUT2D eigenvalue weighted by Gasteiger charge is 2.53. The van der Waals surface area contributed by atoms with E-state index in [0.29, 0.717) is 0 Å². The largest absolute Gasteiger partial charge is 0.330 e. The monoisotopic (exact) mass is 207 g/mol. The van der Waals surface area contributed by atoms with E-state index in [1.54, 1.807) is 0 Å². The summed E-state index contributed by atoms with van der Waals surface area (Å²) in [6.07, 6.45) is 7.61. The second-order valence-corrected chi connectivity index (χ2v) is 7.07. The zero-order chi connectivity index (χ0) is 10.6. The van der Waals surface area contributed by atoms with Crippen LogP contribution in [0, 0.1) is 35.0 Å². The van der Waals surface area contributed by atoms with Crippen molar-refractivity contribution in [2.75, 3.05) is 6.54 Å². The van der Waals surface area contributed by atoms with E-state index in [-0.39, 0.29) is 0 Å². The first kappa shape index (κ1) is 10.1. The van der Waals surface area contributed by atoms with Gasteiger partial charge in [-0.15, -0.1) is 0 Å². The molecule has 4 fully saturated rings. The van der Waals surface area contributed by atoms with Gasteiger partial charge in [-0.2, -0.15) is 0 Å². The zero-order valence-corrected chi connectivity index (χ0v) is 10.2. The van der Waals surface area contributed by atoms with Crippen LogP contribution in [0.5, 0.6) is 0 Å². The van der Waals surface area contributed by atoms with Gasteiger partial charge in [0.05, 0.1) is 0 Å². The highest BCUT2D eigenvalue weighted by molar-refractivity contribution is 5.04. The van der Waals surface area contributed by atoms with Gasteiger partial charge in [0, 0.05) is 0 Å². The van der Waals surface area contributed by atoms with Gasteiger partial charge in [0.2, 0.25) is 0 Å². The number of rotatable bonds is 2. The standard InChI is InChI=1S/C14H25N/c1-9(8-15)13-11-3-10-4-12(13)7-14(2,5-10)6-11/h9-13H,3-8,15H2,1-2H3. The summed E-state index contributed by atoms with van der Waals surface area (Å²) in [5.74, 6) is 4.87. The summed E-state index contributed by atoms with van der Waals surface area (Å²) in [4.78, 5) is 0. The van der Waals surface area contributed by atoms with Crippen molar-refractivity contribution in [3.05, 3.63) is 0 Å². The molecule has 0 saturated heterocycles. The molecular formula is C14H25N. The molecule has 4 aliphatic rings. The molecule has 0 aliphatic heterocycles. The highest BCUT2D eigenvalue weighted by Crippen LogP contribution is 2.63. The van der Waals surface area contributed by atoms with Gasteiger partial charge < -0.3 is 5.73 Å². The zero-order valence-electron chi connectivity index (χ0n) is 10.2. The van der Waals surface area contributed by atoms with Crippen molar-refractivity contribution in [1.82, 2.24) is 0 Å². The second-order valence-electron chi connectivity index (χ2n) is 7.07. The fraction of sp³-hybridized carbons (Fsp3) is 1.00. The molecule has 4 aliphatic carbocycles. The topological polar surface area (TPSA) is 26.0 Å². The van der Waals surface area contributed by atoms with Crippen molar-refractivity contribution in [3.63, 3.8) is 0 Å². The fourth-order valence-electron chi connectivity index (χ4n) is 5.56. The first-order valence-corrected chi connectivity index (χ1v) is 6.81. The van der Waals surface area contributed by atoms with Crippen molar-refractivity contribution in [2.45, 2.75) is 46.0 Å². The molecule has 0 aromatic rings. The third kappa shape index (κ3) is 1.46. The molecule has 4 rings (SSSR count). The summed E-state index contributed by atoms with van der Waals surface area (Å²) >= 11 is 0. The van der Waals surface area contributed by atoms with Crippen molar-refractivity contribution in [3.8, 4) is 0 Å². The van der Waals surface area contributed by atoms with E-state index >= 15 is 0 Å². The molecule has 86 valence electrons. The van der Waals surface area contributed by atoms with Crippen LogP contribution in [0.2, 0.25) is 0 Å². The molecule has 0 amide bonds. The molecule has 0 spiro atoms. The lowest BCUT2D eigenvalue weighted by Crippen LogP contribution is -2.52. The predicted molar refractivity (Wildman–Crippen MR) is 63.4 cm³/mol.